The third-order valence-electron chi connectivity index (χ3n) is 3.68. The van der Waals surface area contributed by atoms with Gasteiger partial charge in [-0.1, -0.05) is 25.4 Å². The monoisotopic (exact) mass is 267 g/mol. The Morgan fingerprint density at radius 1 is 1.39 bits per heavy atom. The third kappa shape index (κ3) is 2.64. The van der Waals surface area contributed by atoms with Gasteiger partial charge in [-0.25, -0.2) is 4.98 Å². The maximum Gasteiger partial charge on any atom is 0.274 e. The highest BCUT2D eigenvalue weighted by Gasteiger charge is 2.32. The minimum absolute atomic E-state index is 0.0732. The van der Waals surface area contributed by atoms with Gasteiger partial charge < -0.3 is 4.90 Å². The van der Waals surface area contributed by atoms with Crippen LogP contribution in [0.1, 0.15) is 37.7 Å². The molecule has 1 amide bonds. The summed E-state index contributed by atoms with van der Waals surface area (Å²) in [5, 5.41) is 0.256. The number of rotatable bonds is 1. The second-order valence-electron chi connectivity index (χ2n) is 5.24. The van der Waals surface area contributed by atoms with E-state index in [1.807, 2.05) is 4.90 Å². The lowest BCUT2D eigenvalue weighted by Crippen LogP contribution is -2.49. The van der Waals surface area contributed by atoms with E-state index in [9.17, 15) is 4.79 Å². The van der Waals surface area contributed by atoms with Crippen molar-refractivity contribution in [1.29, 1.82) is 0 Å². The van der Waals surface area contributed by atoms with Crippen molar-refractivity contribution in [2.24, 2.45) is 11.8 Å². The SMILES string of the molecule is CC1CC(C)C(C)N(C(=O)c2cncc(Cl)n2)C1. The molecule has 1 aromatic heterocycles. The zero-order valence-electron chi connectivity index (χ0n) is 10.9. The average molecular weight is 268 g/mol. The highest BCUT2D eigenvalue weighted by atomic mass is 35.5. The quantitative estimate of drug-likeness (QED) is 0.786. The first-order chi connectivity index (χ1) is 8.49. The van der Waals surface area contributed by atoms with E-state index in [0.717, 1.165) is 13.0 Å². The molecule has 3 atom stereocenters. The normalized spacial score (nSPS) is 28.2. The summed E-state index contributed by atoms with van der Waals surface area (Å²) < 4.78 is 0. The molecule has 0 N–H and O–H groups in total. The van der Waals surface area contributed by atoms with Crippen LogP contribution in [0.25, 0.3) is 0 Å². The van der Waals surface area contributed by atoms with Crippen molar-refractivity contribution in [3.8, 4) is 0 Å². The summed E-state index contributed by atoms with van der Waals surface area (Å²) in [7, 11) is 0. The van der Waals surface area contributed by atoms with Crippen molar-refractivity contribution in [3.63, 3.8) is 0 Å². The van der Waals surface area contributed by atoms with Crippen molar-refractivity contribution in [2.45, 2.75) is 33.2 Å². The Bertz CT molecular complexity index is 452. The van der Waals surface area contributed by atoms with Gasteiger partial charge >= 0.3 is 0 Å². The van der Waals surface area contributed by atoms with Crippen molar-refractivity contribution < 1.29 is 4.79 Å². The molecule has 5 heteroatoms. The van der Waals surface area contributed by atoms with E-state index in [-0.39, 0.29) is 17.1 Å². The van der Waals surface area contributed by atoms with Crippen LogP contribution >= 0.6 is 11.6 Å². The fourth-order valence-corrected chi connectivity index (χ4v) is 2.72. The van der Waals surface area contributed by atoms with Gasteiger partial charge in [0.2, 0.25) is 0 Å². The minimum Gasteiger partial charge on any atom is -0.334 e. The number of hydrogen-bond acceptors (Lipinski definition) is 3. The summed E-state index contributed by atoms with van der Waals surface area (Å²) in [4.78, 5) is 22.3. The molecule has 0 aliphatic carbocycles. The van der Waals surface area contributed by atoms with Crippen LogP contribution in [-0.4, -0.2) is 33.4 Å². The molecule has 0 spiro atoms. The van der Waals surface area contributed by atoms with Crippen molar-refractivity contribution in [1.82, 2.24) is 14.9 Å². The Kier molecular flexibility index (Phi) is 3.85. The molecule has 1 aliphatic heterocycles. The zero-order chi connectivity index (χ0) is 13.3. The number of hydrogen-bond donors (Lipinski definition) is 0. The summed E-state index contributed by atoms with van der Waals surface area (Å²) >= 11 is 5.78. The lowest BCUT2D eigenvalue weighted by molar-refractivity contribution is 0.0449. The van der Waals surface area contributed by atoms with Crippen molar-refractivity contribution >= 4 is 17.5 Å². The molecule has 1 aromatic rings. The lowest BCUT2D eigenvalue weighted by Gasteiger charge is -2.40. The lowest BCUT2D eigenvalue weighted by atomic mass is 9.86. The Morgan fingerprint density at radius 2 is 2.11 bits per heavy atom. The number of likely N-dealkylation sites (tertiary alicyclic amines) is 1. The maximum absolute atomic E-state index is 12.4. The maximum atomic E-state index is 12.4. The van der Waals surface area contributed by atoms with Gasteiger partial charge in [0.05, 0.1) is 12.4 Å². The highest BCUT2D eigenvalue weighted by molar-refractivity contribution is 6.29. The molecule has 0 radical (unpaired) electrons. The van der Waals surface area contributed by atoms with Gasteiger partial charge in [-0.15, -0.1) is 0 Å². The van der Waals surface area contributed by atoms with Gasteiger partial charge in [0.1, 0.15) is 10.8 Å². The fourth-order valence-electron chi connectivity index (χ4n) is 2.58. The van der Waals surface area contributed by atoms with Gasteiger partial charge in [-0.2, -0.15) is 0 Å². The third-order valence-corrected chi connectivity index (χ3v) is 3.86. The van der Waals surface area contributed by atoms with Gasteiger partial charge in [-0.05, 0) is 25.2 Å². The molecule has 0 saturated carbocycles. The van der Waals surface area contributed by atoms with E-state index < -0.39 is 0 Å². The van der Waals surface area contributed by atoms with Crippen LogP contribution in [0.2, 0.25) is 5.15 Å². The number of aromatic nitrogens is 2. The Morgan fingerprint density at radius 3 is 2.78 bits per heavy atom. The summed E-state index contributed by atoms with van der Waals surface area (Å²) in [5.74, 6) is 0.952. The van der Waals surface area contributed by atoms with Crippen LogP contribution < -0.4 is 0 Å². The smallest absolute Gasteiger partial charge is 0.274 e. The molecule has 98 valence electrons. The predicted molar refractivity (Wildman–Crippen MR) is 70.5 cm³/mol. The molecule has 1 saturated heterocycles. The highest BCUT2D eigenvalue weighted by Crippen LogP contribution is 2.27. The van der Waals surface area contributed by atoms with Gasteiger partial charge in [-0.3, -0.25) is 9.78 Å². The fraction of sp³-hybridized carbons (Fsp3) is 0.615. The van der Waals surface area contributed by atoms with E-state index >= 15 is 0 Å². The zero-order valence-corrected chi connectivity index (χ0v) is 11.7. The Hall–Kier alpha value is -1.16. The number of carbonyl (C=O) groups excluding carboxylic acids is 1. The molecule has 1 aliphatic rings. The Labute approximate surface area is 112 Å². The molecule has 2 heterocycles. The van der Waals surface area contributed by atoms with E-state index in [0.29, 0.717) is 17.5 Å². The van der Waals surface area contributed by atoms with Gasteiger partial charge in [0.25, 0.3) is 5.91 Å². The first kappa shape index (κ1) is 13.3. The van der Waals surface area contributed by atoms with Crippen LogP contribution in [0, 0.1) is 11.8 Å². The number of halogens is 1. The molecular formula is C13H18ClN3O. The van der Waals surface area contributed by atoms with Crippen molar-refractivity contribution in [3.05, 3.63) is 23.2 Å². The Balaban J connectivity index is 2.22. The van der Waals surface area contributed by atoms with Gasteiger partial charge in [0, 0.05) is 12.6 Å². The van der Waals surface area contributed by atoms with Crippen molar-refractivity contribution in [2.75, 3.05) is 6.54 Å². The summed E-state index contributed by atoms with van der Waals surface area (Å²) in [5.41, 5.74) is 0.329. The molecule has 0 aromatic carbocycles. The van der Waals surface area contributed by atoms with Crippen LogP contribution in [-0.2, 0) is 0 Å². The van der Waals surface area contributed by atoms with Gasteiger partial charge in [0.15, 0.2) is 0 Å². The molecule has 0 bridgehead atoms. The van der Waals surface area contributed by atoms with Crippen LogP contribution in [0.5, 0.6) is 0 Å². The van der Waals surface area contributed by atoms with Crippen LogP contribution in [0.4, 0.5) is 0 Å². The molecule has 4 nitrogen and oxygen atoms in total. The van der Waals surface area contributed by atoms with E-state index in [1.165, 1.54) is 12.4 Å². The van der Waals surface area contributed by atoms with Crippen LogP contribution in [0.15, 0.2) is 12.4 Å². The molecule has 2 rings (SSSR count). The van der Waals surface area contributed by atoms with E-state index in [1.54, 1.807) is 0 Å². The molecule has 1 fully saturated rings. The first-order valence-electron chi connectivity index (χ1n) is 6.27. The topological polar surface area (TPSA) is 46.1 Å². The van der Waals surface area contributed by atoms with Crippen LogP contribution in [0.3, 0.4) is 0 Å². The summed E-state index contributed by atoms with van der Waals surface area (Å²) in [6.07, 6.45) is 4.07. The molecule has 3 unspecified atom stereocenters. The molecular weight excluding hydrogens is 250 g/mol. The number of carbonyl (C=O) groups is 1. The minimum atomic E-state index is -0.0732. The van der Waals surface area contributed by atoms with E-state index in [2.05, 4.69) is 30.7 Å². The predicted octanol–water partition coefficient (Wildman–Crippen LogP) is 2.64. The number of amides is 1. The number of nitrogens with zero attached hydrogens (tertiary/aromatic N) is 3. The average Bonchev–Trinajstić information content (AvgIpc) is 2.33. The first-order valence-corrected chi connectivity index (χ1v) is 6.65. The standard InChI is InChI=1S/C13H18ClN3O/c1-8-4-9(2)10(3)17(7-8)13(18)11-5-15-6-12(14)16-11/h5-6,8-10H,4,7H2,1-3H3. The largest absolute Gasteiger partial charge is 0.334 e. The van der Waals surface area contributed by atoms with E-state index in [4.69, 9.17) is 11.6 Å². The second-order valence-corrected chi connectivity index (χ2v) is 5.63. The molecule has 18 heavy (non-hydrogen) atoms. The summed E-state index contributed by atoms with van der Waals surface area (Å²) in [6.45, 7) is 7.22. The number of piperidine rings is 1. The second kappa shape index (κ2) is 5.22. The summed E-state index contributed by atoms with van der Waals surface area (Å²) in [6, 6.07) is 0.231.